The Balaban J connectivity index is 2.20. The average molecular weight is 276 g/mol. The van der Waals surface area contributed by atoms with Gasteiger partial charge in [-0.15, -0.1) is 0 Å². The van der Waals surface area contributed by atoms with Crippen LogP contribution in [-0.4, -0.2) is 6.54 Å². The Kier molecular flexibility index (Phi) is 4.83. The Labute approximate surface area is 119 Å². The van der Waals surface area contributed by atoms with Gasteiger partial charge >= 0.3 is 0 Å². The molecule has 0 aliphatic rings. The molecule has 2 rings (SSSR count). The van der Waals surface area contributed by atoms with Gasteiger partial charge in [0.1, 0.15) is 11.5 Å². The summed E-state index contributed by atoms with van der Waals surface area (Å²) in [5.74, 6) is 1.68. The molecule has 2 aromatic rings. The quantitative estimate of drug-likeness (QED) is 0.864. The van der Waals surface area contributed by atoms with Crippen LogP contribution in [0.3, 0.4) is 0 Å². The first-order valence-corrected chi connectivity index (χ1v) is 6.80. The third-order valence-corrected chi connectivity index (χ3v) is 3.07. The molecule has 0 radical (unpaired) electrons. The summed E-state index contributed by atoms with van der Waals surface area (Å²) in [7, 11) is 0. The first kappa shape index (κ1) is 13.9. The molecule has 0 amide bonds. The predicted octanol–water partition coefficient (Wildman–Crippen LogP) is 4.55. The Morgan fingerprint density at radius 2 is 1.84 bits per heavy atom. The van der Waals surface area contributed by atoms with Crippen molar-refractivity contribution in [3.05, 3.63) is 58.6 Å². The van der Waals surface area contributed by atoms with Gasteiger partial charge < -0.3 is 10.1 Å². The number of ether oxygens (including phenoxy) is 1. The van der Waals surface area contributed by atoms with Crippen LogP contribution < -0.4 is 10.1 Å². The minimum Gasteiger partial charge on any atom is -0.457 e. The van der Waals surface area contributed by atoms with Crippen LogP contribution in [0.1, 0.15) is 18.1 Å². The molecule has 0 aromatic heterocycles. The van der Waals surface area contributed by atoms with Gasteiger partial charge in [0, 0.05) is 17.1 Å². The number of hydrogen-bond acceptors (Lipinski definition) is 2. The standard InChI is InChI=1S/C16H18ClNO/c1-3-18-11-13-10-12(2)4-9-16(13)19-15-7-5-14(17)6-8-15/h4-10,18H,3,11H2,1-2H3. The van der Waals surface area contributed by atoms with Gasteiger partial charge in [-0.25, -0.2) is 0 Å². The Bertz CT molecular complexity index is 537. The Morgan fingerprint density at radius 1 is 1.11 bits per heavy atom. The molecule has 0 atom stereocenters. The van der Waals surface area contributed by atoms with Gasteiger partial charge in [0.15, 0.2) is 0 Å². The van der Waals surface area contributed by atoms with E-state index in [0.29, 0.717) is 5.02 Å². The van der Waals surface area contributed by atoms with Gasteiger partial charge in [-0.1, -0.05) is 36.2 Å². The van der Waals surface area contributed by atoms with E-state index in [1.165, 1.54) is 5.56 Å². The van der Waals surface area contributed by atoms with Crippen molar-refractivity contribution >= 4 is 11.6 Å². The Hall–Kier alpha value is -1.51. The molecule has 0 saturated carbocycles. The van der Waals surface area contributed by atoms with E-state index < -0.39 is 0 Å². The van der Waals surface area contributed by atoms with Crippen LogP contribution in [0, 0.1) is 6.92 Å². The van der Waals surface area contributed by atoms with E-state index in [1.54, 1.807) is 0 Å². The Morgan fingerprint density at radius 3 is 2.53 bits per heavy atom. The number of halogens is 1. The van der Waals surface area contributed by atoms with Crippen molar-refractivity contribution in [1.29, 1.82) is 0 Å². The SMILES string of the molecule is CCNCc1cc(C)ccc1Oc1ccc(Cl)cc1. The van der Waals surface area contributed by atoms with Crippen LogP contribution in [0.15, 0.2) is 42.5 Å². The van der Waals surface area contributed by atoms with Crippen molar-refractivity contribution in [3.8, 4) is 11.5 Å². The predicted molar refractivity (Wildman–Crippen MR) is 80.1 cm³/mol. The van der Waals surface area contributed by atoms with E-state index in [4.69, 9.17) is 16.3 Å². The summed E-state index contributed by atoms with van der Waals surface area (Å²) in [6.45, 7) is 5.92. The van der Waals surface area contributed by atoms with E-state index >= 15 is 0 Å². The molecular weight excluding hydrogens is 258 g/mol. The van der Waals surface area contributed by atoms with Crippen molar-refractivity contribution in [2.24, 2.45) is 0 Å². The second-order valence-corrected chi connectivity index (χ2v) is 4.88. The normalized spacial score (nSPS) is 10.5. The second-order valence-electron chi connectivity index (χ2n) is 4.45. The van der Waals surface area contributed by atoms with Crippen molar-refractivity contribution in [3.63, 3.8) is 0 Å². The summed E-state index contributed by atoms with van der Waals surface area (Å²) in [6, 6.07) is 13.6. The van der Waals surface area contributed by atoms with Gasteiger partial charge in [-0.2, -0.15) is 0 Å². The van der Waals surface area contributed by atoms with Crippen LogP contribution in [0.4, 0.5) is 0 Å². The highest BCUT2D eigenvalue weighted by Crippen LogP contribution is 2.27. The summed E-state index contributed by atoms with van der Waals surface area (Å²) in [5.41, 5.74) is 2.40. The first-order chi connectivity index (χ1) is 9.19. The molecule has 3 heteroatoms. The van der Waals surface area contributed by atoms with Gasteiger partial charge in [0.25, 0.3) is 0 Å². The monoisotopic (exact) mass is 275 g/mol. The molecule has 1 N–H and O–H groups in total. The number of benzene rings is 2. The highest BCUT2D eigenvalue weighted by molar-refractivity contribution is 6.30. The lowest BCUT2D eigenvalue weighted by Crippen LogP contribution is -2.12. The molecule has 0 heterocycles. The molecule has 0 bridgehead atoms. The zero-order chi connectivity index (χ0) is 13.7. The molecule has 2 nitrogen and oxygen atoms in total. The number of nitrogens with one attached hydrogen (secondary N) is 1. The first-order valence-electron chi connectivity index (χ1n) is 6.42. The van der Waals surface area contributed by atoms with Crippen molar-refractivity contribution in [2.45, 2.75) is 20.4 Å². The maximum atomic E-state index is 5.92. The van der Waals surface area contributed by atoms with Crippen molar-refractivity contribution in [1.82, 2.24) is 5.32 Å². The molecular formula is C16H18ClNO. The maximum absolute atomic E-state index is 5.92. The molecule has 19 heavy (non-hydrogen) atoms. The van der Waals surface area contributed by atoms with E-state index in [0.717, 1.165) is 30.2 Å². The zero-order valence-electron chi connectivity index (χ0n) is 11.2. The molecule has 0 spiro atoms. The van der Waals surface area contributed by atoms with Gasteiger partial charge in [0.2, 0.25) is 0 Å². The average Bonchev–Trinajstić information content (AvgIpc) is 2.41. The molecule has 0 unspecified atom stereocenters. The zero-order valence-corrected chi connectivity index (χ0v) is 12.0. The summed E-state index contributed by atoms with van der Waals surface area (Å²) in [5, 5.41) is 4.04. The molecule has 0 aliphatic carbocycles. The summed E-state index contributed by atoms with van der Waals surface area (Å²) in [4.78, 5) is 0. The van der Waals surface area contributed by atoms with Crippen LogP contribution in [0.2, 0.25) is 5.02 Å². The fourth-order valence-electron chi connectivity index (χ4n) is 1.84. The summed E-state index contributed by atoms with van der Waals surface area (Å²) < 4.78 is 5.92. The lowest BCUT2D eigenvalue weighted by atomic mass is 10.1. The smallest absolute Gasteiger partial charge is 0.131 e. The van der Waals surface area contributed by atoms with Gasteiger partial charge in [-0.05, 0) is 43.8 Å². The van der Waals surface area contributed by atoms with E-state index in [1.807, 2.05) is 30.3 Å². The lowest BCUT2D eigenvalue weighted by molar-refractivity contribution is 0.473. The third kappa shape index (κ3) is 3.98. The number of hydrogen-bond donors (Lipinski definition) is 1. The van der Waals surface area contributed by atoms with Gasteiger partial charge in [-0.3, -0.25) is 0 Å². The van der Waals surface area contributed by atoms with Gasteiger partial charge in [0.05, 0.1) is 0 Å². The van der Waals surface area contributed by atoms with Crippen molar-refractivity contribution < 1.29 is 4.74 Å². The lowest BCUT2D eigenvalue weighted by Gasteiger charge is -2.12. The minimum atomic E-state index is 0.712. The molecule has 0 fully saturated rings. The van der Waals surface area contributed by atoms with Crippen LogP contribution in [-0.2, 0) is 6.54 Å². The third-order valence-electron chi connectivity index (χ3n) is 2.82. The summed E-state index contributed by atoms with van der Waals surface area (Å²) in [6.07, 6.45) is 0. The highest BCUT2D eigenvalue weighted by atomic mass is 35.5. The van der Waals surface area contributed by atoms with E-state index in [-0.39, 0.29) is 0 Å². The fraction of sp³-hybridized carbons (Fsp3) is 0.250. The summed E-state index contributed by atoms with van der Waals surface area (Å²) >= 11 is 5.87. The molecule has 0 saturated heterocycles. The van der Waals surface area contributed by atoms with Crippen LogP contribution in [0.5, 0.6) is 11.5 Å². The van der Waals surface area contributed by atoms with Crippen LogP contribution >= 0.6 is 11.6 Å². The molecule has 100 valence electrons. The largest absolute Gasteiger partial charge is 0.457 e. The van der Waals surface area contributed by atoms with Crippen molar-refractivity contribution in [2.75, 3.05) is 6.54 Å². The number of rotatable bonds is 5. The topological polar surface area (TPSA) is 21.3 Å². The highest BCUT2D eigenvalue weighted by Gasteiger charge is 2.05. The second kappa shape index (κ2) is 6.60. The maximum Gasteiger partial charge on any atom is 0.131 e. The van der Waals surface area contributed by atoms with Crippen LogP contribution in [0.25, 0.3) is 0 Å². The molecule has 2 aromatic carbocycles. The fourth-order valence-corrected chi connectivity index (χ4v) is 1.96. The minimum absolute atomic E-state index is 0.712. The number of aryl methyl sites for hydroxylation is 1. The van der Waals surface area contributed by atoms with E-state index in [2.05, 4.69) is 31.3 Å². The van der Waals surface area contributed by atoms with E-state index in [9.17, 15) is 0 Å². The molecule has 0 aliphatic heterocycles.